The minimum atomic E-state index is -3.05. The first-order valence-electron chi connectivity index (χ1n) is 11.4. The summed E-state index contributed by atoms with van der Waals surface area (Å²) in [6.07, 6.45) is 9.39. The van der Waals surface area contributed by atoms with Crippen molar-refractivity contribution in [3.8, 4) is 22.3 Å². The van der Waals surface area contributed by atoms with Crippen molar-refractivity contribution < 1.29 is 17.9 Å². The Morgan fingerprint density at radius 1 is 1.09 bits per heavy atom. The molecule has 1 N–H and O–H groups in total. The largest absolute Gasteiger partial charge is 0.441 e. The Morgan fingerprint density at radius 2 is 1.80 bits per heavy atom. The number of nitrogens with one attached hydrogen (secondary N) is 1. The fraction of sp³-hybridized carbons (Fsp3) is 0.375. The van der Waals surface area contributed by atoms with Crippen molar-refractivity contribution in [1.82, 2.24) is 20.1 Å². The van der Waals surface area contributed by atoms with E-state index in [9.17, 15) is 13.2 Å². The third kappa shape index (κ3) is 5.13. The highest BCUT2D eigenvalue weighted by atomic mass is 35.5. The number of benzene rings is 1. The van der Waals surface area contributed by atoms with Gasteiger partial charge in [0.1, 0.15) is 15.4 Å². The summed E-state index contributed by atoms with van der Waals surface area (Å²) in [5.74, 6) is 0.0498. The van der Waals surface area contributed by atoms with Gasteiger partial charge in [-0.05, 0) is 11.1 Å². The zero-order valence-electron chi connectivity index (χ0n) is 19.3. The van der Waals surface area contributed by atoms with E-state index in [1.807, 2.05) is 36.7 Å². The maximum atomic E-state index is 11.6. The first-order chi connectivity index (χ1) is 16.7. The molecule has 35 heavy (non-hydrogen) atoms. The number of nitrogens with zero attached hydrogens (tertiary/aromatic N) is 4. The van der Waals surface area contributed by atoms with E-state index < -0.39 is 15.4 Å². The first-order valence-corrected chi connectivity index (χ1v) is 13.8. The lowest BCUT2D eigenvalue weighted by atomic mass is 9.91. The summed E-state index contributed by atoms with van der Waals surface area (Å²) in [7, 11) is -3.05. The monoisotopic (exact) mass is 515 g/mol. The SMILES string of the molecule is CS(=O)(=O)CCn1cc(-c2ccc(-c3cncc(Cl)c3N3CCC4(CC3)CNC(=O)O4)cc2)cn1. The second kappa shape index (κ2) is 9.16. The topological polar surface area (TPSA) is 106 Å². The van der Waals surface area contributed by atoms with Crippen LogP contribution in [0.25, 0.3) is 22.3 Å². The maximum absolute atomic E-state index is 11.6. The number of alkyl carbamates (subject to hydrolysis) is 1. The second-order valence-corrected chi connectivity index (χ2v) is 11.8. The Labute approximate surface area is 209 Å². The van der Waals surface area contributed by atoms with Gasteiger partial charge < -0.3 is 15.0 Å². The van der Waals surface area contributed by atoms with Gasteiger partial charge in [0.05, 0.1) is 35.7 Å². The van der Waals surface area contributed by atoms with Crippen molar-refractivity contribution in [2.75, 3.05) is 36.5 Å². The highest BCUT2D eigenvalue weighted by Gasteiger charge is 2.43. The molecule has 9 nitrogen and oxygen atoms in total. The molecule has 0 unspecified atom stereocenters. The fourth-order valence-corrected chi connectivity index (χ4v) is 5.41. The Hall–Kier alpha value is -3.11. The summed E-state index contributed by atoms with van der Waals surface area (Å²) >= 11 is 6.62. The molecule has 1 aromatic carbocycles. The summed E-state index contributed by atoms with van der Waals surface area (Å²) in [5.41, 5.74) is 4.31. The number of carbonyl (C=O) groups excluding carboxylic acids is 1. The van der Waals surface area contributed by atoms with Gasteiger partial charge in [-0.25, -0.2) is 13.2 Å². The molecule has 0 atom stereocenters. The molecule has 2 fully saturated rings. The van der Waals surface area contributed by atoms with Crippen molar-refractivity contribution in [2.24, 2.45) is 0 Å². The van der Waals surface area contributed by atoms with Crippen molar-refractivity contribution >= 4 is 33.2 Å². The molecular weight excluding hydrogens is 490 g/mol. The van der Waals surface area contributed by atoms with E-state index in [0.717, 1.165) is 53.9 Å². The molecule has 1 spiro atoms. The molecule has 2 saturated heterocycles. The molecule has 4 heterocycles. The van der Waals surface area contributed by atoms with Gasteiger partial charge in [-0.15, -0.1) is 0 Å². The number of pyridine rings is 1. The molecule has 11 heteroatoms. The molecule has 3 aromatic rings. The molecule has 2 aromatic heterocycles. The van der Waals surface area contributed by atoms with Gasteiger partial charge in [0, 0.05) is 61.9 Å². The number of rotatable bonds is 6. The summed E-state index contributed by atoms with van der Waals surface area (Å²) in [5, 5.41) is 7.63. The van der Waals surface area contributed by atoms with Crippen LogP contribution < -0.4 is 10.2 Å². The van der Waals surface area contributed by atoms with Gasteiger partial charge in [-0.1, -0.05) is 35.9 Å². The Morgan fingerprint density at radius 3 is 2.46 bits per heavy atom. The predicted octanol–water partition coefficient (Wildman–Crippen LogP) is 3.39. The van der Waals surface area contributed by atoms with Crippen molar-refractivity contribution in [2.45, 2.75) is 25.0 Å². The van der Waals surface area contributed by atoms with E-state index in [4.69, 9.17) is 16.3 Å². The van der Waals surface area contributed by atoms with Gasteiger partial charge in [0.25, 0.3) is 0 Å². The van der Waals surface area contributed by atoms with Crippen LogP contribution >= 0.6 is 11.6 Å². The van der Waals surface area contributed by atoms with Crippen LogP contribution in [0, 0.1) is 0 Å². The molecule has 2 aliphatic heterocycles. The fourth-order valence-electron chi connectivity index (χ4n) is 4.62. The Kier molecular flexibility index (Phi) is 6.18. The molecule has 2 aliphatic rings. The van der Waals surface area contributed by atoms with Crippen LogP contribution in [0.2, 0.25) is 5.02 Å². The number of aromatic nitrogens is 3. The summed E-state index contributed by atoms with van der Waals surface area (Å²) in [4.78, 5) is 18.1. The Bertz CT molecular complexity index is 1350. The van der Waals surface area contributed by atoms with Crippen LogP contribution in [0.1, 0.15) is 12.8 Å². The van der Waals surface area contributed by atoms with Crippen LogP contribution in [0.5, 0.6) is 0 Å². The normalized spacial score (nSPS) is 17.4. The lowest BCUT2D eigenvalue weighted by Gasteiger charge is -2.39. The number of ether oxygens (including phenoxy) is 1. The van der Waals surface area contributed by atoms with Gasteiger partial charge >= 0.3 is 6.09 Å². The van der Waals surface area contributed by atoms with E-state index in [1.54, 1.807) is 17.1 Å². The number of carbonyl (C=O) groups is 1. The van der Waals surface area contributed by atoms with Crippen molar-refractivity contribution in [3.63, 3.8) is 0 Å². The second-order valence-electron chi connectivity index (χ2n) is 9.13. The number of halogens is 1. The molecule has 184 valence electrons. The highest BCUT2D eigenvalue weighted by Crippen LogP contribution is 2.40. The van der Waals surface area contributed by atoms with Crippen molar-refractivity contribution in [1.29, 1.82) is 0 Å². The van der Waals surface area contributed by atoms with Crippen molar-refractivity contribution in [3.05, 3.63) is 54.1 Å². The Balaban J connectivity index is 1.35. The van der Waals surface area contributed by atoms with E-state index >= 15 is 0 Å². The van der Waals surface area contributed by atoms with Crippen LogP contribution in [0.4, 0.5) is 10.5 Å². The lowest BCUT2D eigenvalue weighted by molar-refractivity contribution is 0.0367. The maximum Gasteiger partial charge on any atom is 0.407 e. The first kappa shape index (κ1) is 23.6. The van der Waals surface area contributed by atoms with Crippen LogP contribution in [0.3, 0.4) is 0 Å². The molecule has 0 bridgehead atoms. The summed E-state index contributed by atoms with van der Waals surface area (Å²) in [6, 6.07) is 8.06. The minimum Gasteiger partial charge on any atom is -0.441 e. The van der Waals surface area contributed by atoms with E-state index in [0.29, 0.717) is 18.1 Å². The van der Waals surface area contributed by atoms with Gasteiger partial charge in [0.2, 0.25) is 0 Å². The van der Waals surface area contributed by atoms with Crippen LogP contribution in [0.15, 0.2) is 49.1 Å². The van der Waals surface area contributed by atoms with Gasteiger partial charge in [-0.3, -0.25) is 9.67 Å². The summed E-state index contributed by atoms with van der Waals surface area (Å²) < 4.78 is 30.0. The minimum absolute atomic E-state index is 0.0498. The van der Waals surface area contributed by atoms with E-state index in [1.165, 1.54) is 6.26 Å². The third-order valence-corrected chi connectivity index (χ3v) is 7.78. The average Bonchev–Trinajstić information content (AvgIpc) is 3.45. The molecule has 5 rings (SSSR count). The van der Waals surface area contributed by atoms with Crippen LogP contribution in [-0.2, 0) is 21.1 Å². The number of hydrogen-bond donors (Lipinski definition) is 1. The van der Waals surface area contributed by atoms with E-state index in [2.05, 4.69) is 20.3 Å². The standard InChI is InChI=1S/C24H26ClN5O4S/c1-35(32,33)11-10-30-15-19(12-28-30)17-2-4-18(5-3-17)20-13-26-14-21(25)22(20)29-8-6-24(7-9-29)16-27-23(31)34-24/h2-5,12-15H,6-11,16H2,1H3,(H,27,31). The molecular formula is C24H26ClN5O4S. The highest BCUT2D eigenvalue weighted by molar-refractivity contribution is 7.90. The summed E-state index contributed by atoms with van der Waals surface area (Å²) in [6.45, 7) is 2.30. The zero-order valence-corrected chi connectivity index (χ0v) is 20.8. The zero-order chi connectivity index (χ0) is 24.6. The molecule has 0 saturated carbocycles. The number of sulfone groups is 1. The number of piperidine rings is 1. The third-order valence-electron chi connectivity index (χ3n) is 6.58. The molecule has 0 radical (unpaired) electrons. The number of aryl methyl sites for hydroxylation is 1. The number of hydrogen-bond acceptors (Lipinski definition) is 7. The average molecular weight is 516 g/mol. The molecule has 1 amide bonds. The van der Waals surface area contributed by atoms with Crippen LogP contribution in [-0.4, -0.2) is 66.5 Å². The van der Waals surface area contributed by atoms with Gasteiger partial charge in [0.15, 0.2) is 0 Å². The predicted molar refractivity (Wildman–Crippen MR) is 134 cm³/mol. The molecule has 0 aliphatic carbocycles. The number of anilines is 1. The lowest BCUT2D eigenvalue weighted by Crippen LogP contribution is -2.46. The number of amides is 1. The quantitative estimate of drug-likeness (QED) is 0.536. The smallest absolute Gasteiger partial charge is 0.407 e. The van der Waals surface area contributed by atoms with E-state index in [-0.39, 0.29) is 11.8 Å². The van der Waals surface area contributed by atoms with Gasteiger partial charge in [-0.2, -0.15) is 5.10 Å².